The first-order chi connectivity index (χ1) is 9.12. The molecule has 2 N–H and O–H groups in total. The van der Waals surface area contributed by atoms with Gasteiger partial charge in [-0.05, 0) is 62.4 Å². The smallest absolute Gasteiger partial charge is 0.231 e. The molecule has 0 aliphatic carbocycles. The first-order valence-corrected chi connectivity index (χ1v) is 6.45. The number of aromatic hydroxyl groups is 1. The van der Waals surface area contributed by atoms with Crippen LogP contribution in [0.15, 0.2) is 18.7 Å². The molecular formula is C15H21NO4. The predicted octanol–water partition coefficient (Wildman–Crippen LogP) is 2.69. The quantitative estimate of drug-likeness (QED) is 0.619. The van der Waals surface area contributed by atoms with E-state index in [9.17, 15) is 20.3 Å². The van der Waals surface area contributed by atoms with E-state index >= 15 is 0 Å². The lowest BCUT2D eigenvalue weighted by Gasteiger charge is -2.19. The summed E-state index contributed by atoms with van der Waals surface area (Å²) in [6.07, 6.45) is 0.794. The summed E-state index contributed by atoms with van der Waals surface area (Å²) < 4.78 is 0. The fraction of sp³-hybridized carbons (Fsp3) is 0.467. The highest BCUT2D eigenvalue weighted by Gasteiger charge is 2.27. The molecule has 1 aromatic rings. The van der Waals surface area contributed by atoms with E-state index < -0.39 is 17.1 Å². The molecule has 1 aromatic carbocycles. The molecule has 0 saturated carbocycles. The number of aryl methyl sites for hydroxylation is 2. The molecule has 110 valence electrons. The molecule has 1 atom stereocenters. The predicted molar refractivity (Wildman–Crippen MR) is 78.4 cm³/mol. The SMILES string of the molecule is C=C(C)c1cc(CCC(C)(O)C[N+](=O)[O-])c(C)cc1O. The van der Waals surface area contributed by atoms with Crippen molar-refractivity contribution in [3.05, 3.63) is 45.5 Å². The highest BCUT2D eigenvalue weighted by molar-refractivity contribution is 5.68. The Kier molecular flexibility index (Phi) is 4.89. The Morgan fingerprint density at radius 3 is 2.60 bits per heavy atom. The fourth-order valence-corrected chi connectivity index (χ4v) is 2.11. The van der Waals surface area contributed by atoms with Crippen molar-refractivity contribution < 1.29 is 15.1 Å². The Balaban J connectivity index is 2.90. The highest BCUT2D eigenvalue weighted by Crippen LogP contribution is 2.28. The second kappa shape index (κ2) is 6.05. The summed E-state index contributed by atoms with van der Waals surface area (Å²) in [4.78, 5) is 9.97. The van der Waals surface area contributed by atoms with Gasteiger partial charge in [-0.25, -0.2) is 0 Å². The lowest BCUT2D eigenvalue weighted by Crippen LogP contribution is -2.34. The zero-order valence-electron chi connectivity index (χ0n) is 12.1. The topological polar surface area (TPSA) is 83.6 Å². The van der Waals surface area contributed by atoms with Crippen molar-refractivity contribution in [1.82, 2.24) is 0 Å². The van der Waals surface area contributed by atoms with Crippen LogP contribution in [0.3, 0.4) is 0 Å². The van der Waals surface area contributed by atoms with Crippen molar-refractivity contribution >= 4 is 5.57 Å². The van der Waals surface area contributed by atoms with Crippen molar-refractivity contribution in [2.45, 2.75) is 39.2 Å². The molecule has 0 heterocycles. The van der Waals surface area contributed by atoms with Crippen LogP contribution in [0.2, 0.25) is 0 Å². The molecule has 20 heavy (non-hydrogen) atoms. The summed E-state index contributed by atoms with van der Waals surface area (Å²) >= 11 is 0. The number of allylic oxidation sites excluding steroid dienone is 1. The number of rotatable bonds is 6. The van der Waals surface area contributed by atoms with Gasteiger partial charge in [0.05, 0.1) is 0 Å². The molecule has 0 radical (unpaired) electrons. The normalized spacial score (nSPS) is 13.8. The van der Waals surface area contributed by atoms with Gasteiger partial charge in [-0.1, -0.05) is 6.58 Å². The van der Waals surface area contributed by atoms with E-state index in [-0.39, 0.29) is 12.2 Å². The first-order valence-electron chi connectivity index (χ1n) is 6.45. The van der Waals surface area contributed by atoms with Crippen LogP contribution in [-0.4, -0.2) is 27.3 Å². The van der Waals surface area contributed by atoms with E-state index in [0.717, 1.165) is 16.7 Å². The number of phenols is 1. The summed E-state index contributed by atoms with van der Waals surface area (Å²) in [6.45, 7) is 8.46. The van der Waals surface area contributed by atoms with Crippen molar-refractivity contribution in [2.75, 3.05) is 6.54 Å². The number of hydrogen-bond acceptors (Lipinski definition) is 4. The lowest BCUT2D eigenvalue weighted by molar-refractivity contribution is -0.499. The average Bonchev–Trinajstić information content (AvgIpc) is 2.25. The van der Waals surface area contributed by atoms with Crippen LogP contribution in [-0.2, 0) is 6.42 Å². The molecule has 0 amide bonds. The van der Waals surface area contributed by atoms with Crippen LogP contribution in [0.25, 0.3) is 5.57 Å². The maximum Gasteiger partial charge on any atom is 0.231 e. The summed E-state index contributed by atoms with van der Waals surface area (Å²) in [7, 11) is 0. The average molecular weight is 279 g/mol. The lowest BCUT2D eigenvalue weighted by atomic mass is 9.92. The Labute approximate surface area is 118 Å². The van der Waals surface area contributed by atoms with Crippen molar-refractivity contribution in [1.29, 1.82) is 0 Å². The molecule has 0 saturated heterocycles. The minimum Gasteiger partial charge on any atom is -0.507 e. The van der Waals surface area contributed by atoms with Gasteiger partial charge in [-0.3, -0.25) is 10.1 Å². The van der Waals surface area contributed by atoms with Crippen LogP contribution >= 0.6 is 0 Å². The molecule has 0 aliphatic rings. The van der Waals surface area contributed by atoms with Gasteiger partial charge in [0, 0.05) is 10.5 Å². The molecule has 5 heteroatoms. The van der Waals surface area contributed by atoms with Crippen LogP contribution in [0.5, 0.6) is 5.75 Å². The molecule has 0 fully saturated rings. The standard InChI is InChI=1S/C15H21NO4/c1-10(2)13-8-12(11(3)7-14(13)17)5-6-15(4,18)9-16(19)20/h7-8,17-18H,1,5-6,9H2,2-4H3. The van der Waals surface area contributed by atoms with Crippen LogP contribution in [0, 0.1) is 17.0 Å². The molecule has 0 aliphatic heterocycles. The minimum absolute atomic E-state index is 0.177. The van der Waals surface area contributed by atoms with Gasteiger partial charge in [-0.15, -0.1) is 0 Å². The van der Waals surface area contributed by atoms with E-state index in [1.807, 2.05) is 13.0 Å². The first kappa shape index (κ1) is 16.2. The fourth-order valence-electron chi connectivity index (χ4n) is 2.11. The molecule has 0 bridgehead atoms. The number of nitro groups is 1. The highest BCUT2D eigenvalue weighted by atomic mass is 16.6. The zero-order chi connectivity index (χ0) is 15.5. The van der Waals surface area contributed by atoms with Crippen LogP contribution < -0.4 is 0 Å². The van der Waals surface area contributed by atoms with Gasteiger partial charge in [-0.2, -0.15) is 0 Å². The van der Waals surface area contributed by atoms with E-state index in [4.69, 9.17) is 0 Å². The third kappa shape index (κ3) is 4.35. The maximum absolute atomic E-state index is 10.5. The van der Waals surface area contributed by atoms with Gasteiger partial charge < -0.3 is 10.2 Å². The van der Waals surface area contributed by atoms with Gasteiger partial charge in [0.15, 0.2) is 0 Å². The molecule has 1 unspecified atom stereocenters. The Bertz CT molecular complexity index is 535. The molecule has 0 spiro atoms. The summed E-state index contributed by atoms with van der Waals surface area (Å²) in [5, 5.41) is 30.3. The number of phenolic OH excluding ortho intramolecular Hbond substituents is 1. The summed E-state index contributed by atoms with van der Waals surface area (Å²) in [6, 6.07) is 3.48. The molecular weight excluding hydrogens is 258 g/mol. The van der Waals surface area contributed by atoms with Gasteiger partial charge in [0.25, 0.3) is 0 Å². The summed E-state index contributed by atoms with van der Waals surface area (Å²) in [5.41, 5.74) is 1.92. The maximum atomic E-state index is 10.5. The third-order valence-electron chi connectivity index (χ3n) is 3.32. The Morgan fingerprint density at radius 1 is 1.50 bits per heavy atom. The second-order valence-corrected chi connectivity index (χ2v) is 5.56. The largest absolute Gasteiger partial charge is 0.507 e. The monoisotopic (exact) mass is 279 g/mol. The zero-order valence-corrected chi connectivity index (χ0v) is 12.1. The van der Waals surface area contributed by atoms with Gasteiger partial charge in [0.1, 0.15) is 11.4 Å². The van der Waals surface area contributed by atoms with Crippen molar-refractivity contribution in [3.63, 3.8) is 0 Å². The number of hydrogen-bond donors (Lipinski definition) is 2. The minimum atomic E-state index is -1.34. The van der Waals surface area contributed by atoms with Gasteiger partial charge >= 0.3 is 0 Å². The van der Waals surface area contributed by atoms with Crippen molar-refractivity contribution in [2.24, 2.45) is 0 Å². The number of benzene rings is 1. The number of aliphatic hydroxyl groups is 1. The molecule has 5 nitrogen and oxygen atoms in total. The Morgan fingerprint density at radius 2 is 2.10 bits per heavy atom. The number of nitrogens with zero attached hydrogens (tertiary/aromatic N) is 1. The van der Waals surface area contributed by atoms with E-state index in [0.29, 0.717) is 12.0 Å². The molecule has 0 aromatic heterocycles. The second-order valence-electron chi connectivity index (χ2n) is 5.56. The van der Waals surface area contributed by atoms with E-state index in [1.54, 1.807) is 13.0 Å². The van der Waals surface area contributed by atoms with Crippen LogP contribution in [0.1, 0.15) is 37.0 Å². The third-order valence-corrected chi connectivity index (χ3v) is 3.32. The van der Waals surface area contributed by atoms with Gasteiger partial charge in [0.2, 0.25) is 6.54 Å². The van der Waals surface area contributed by atoms with E-state index in [2.05, 4.69) is 6.58 Å². The molecule has 1 rings (SSSR count). The van der Waals surface area contributed by atoms with Crippen LogP contribution in [0.4, 0.5) is 0 Å². The van der Waals surface area contributed by atoms with Crippen molar-refractivity contribution in [3.8, 4) is 5.75 Å². The van der Waals surface area contributed by atoms with E-state index in [1.165, 1.54) is 6.92 Å². The Hall–Kier alpha value is -1.88. The summed E-state index contributed by atoms with van der Waals surface area (Å²) in [5.74, 6) is 0.177.